The molecule has 0 aliphatic heterocycles. The van der Waals surface area contributed by atoms with E-state index in [0.717, 1.165) is 0 Å². The molecular formula is C12H12ClN3O2S. The minimum atomic E-state index is -3.70. The van der Waals surface area contributed by atoms with Crippen molar-refractivity contribution < 1.29 is 8.42 Å². The number of aryl methyl sites for hydroxylation is 1. The van der Waals surface area contributed by atoms with E-state index in [4.69, 9.17) is 17.3 Å². The highest BCUT2D eigenvalue weighted by molar-refractivity contribution is 7.92. The lowest BCUT2D eigenvalue weighted by Crippen LogP contribution is -2.15. The van der Waals surface area contributed by atoms with Gasteiger partial charge in [0.05, 0.1) is 4.90 Å². The summed E-state index contributed by atoms with van der Waals surface area (Å²) >= 11 is 5.78. The number of nitrogen functional groups attached to an aromatic ring is 1. The molecule has 2 aromatic rings. The number of anilines is 2. The minimum Gasteiger partial charge on any atom is -0.399 e. The van der Waals surface area contributed by atoms with Gasteiger partial charge < -0.3 is 5.73 Å². The van der Waals surface area contributed by atoms with E-state index in [9.17, 15) is 8.42 Å². The van der Waals surface area contributed by atoms with E-state index in [1.807, 2.05) is 0 Å². The monoisotopic (exact) mass is 297 g/mol. The first-order valence-electron chi connectivity index (χ1n) is 5.39. The van der Waals surface area contributed by atoms with Gasteiger partial charge in [-0.05, 0) is 36.8 Å². The summed E-state index contributed by atoms with van der Waals surface area (Å²) in [6.45, 7) is 1.68. The van der Waals surface area contributed by atoms with Crippen LogP contribution in [-0.4, -0.2) is 13.4 Å². The largest absolute Gasteiger partial charge is 0.399 e. The number of aromatic nitrogens is 1. The first-order chi connectivity index (χ1) is 8.88. The van der Waals surface area contributed by atoms with Gasteiger partial charge in [-0.2, -0.15) is 0 Å². The first-order valence-corrected chi connectivity index (χ1v) is 7.25. The lowest BCUT2D eigenvalue weighted by molar-refractivity contribution is 0.600. The fourth-order valence-electron chi connectivity index (χ4n) is 1.63. The normalized spacial score (nSPS) is 11.3. The van der Waals surface area contributed by atoms with Crippen LogP contribution in [0.2, 0.25) is 5.02 Å². The maximum atomic E-state index is 12.2. The summed E-state index contributed by atoms with van der Waals surface area (Å²) in [7, 11) is -3.70. The van der Waals surface area contributed by atoms with Gasteiger partial charge in [0.25, 0.3) is 10.0 Å². The van der Waals surface area contributed by atoms with E-state index in [2.05, 4.69) is 9.71 Å². The Morgan fingerprint density at radius 1 is 1.26 bits per heavy atom. The number of benzene rings is 1. The summed E-state index contributed by atoms with van der Waals surface area (Å²) in [6, 6.07) is 7.59. The highest BCUT2D eigenvalue weighted by Crippen LogP contribution is 2.21. The van der Waals surface area contributed by atoms with Crippen molar-refractivity contribution >= 4 is 33.1 Å². The van der Waals surface area contributed by atoms with E-state index in [1.165, 1.54) is 24.4 Å². The Bertz CT molecular complexity index is 717. The van der Waals surface area contributed by atoms with Gasteiger partial charge in [0.1, 0.15) is 5.82 Å². The molecule has 1 aromatic carbocycles. The number of nitrogens with two attached hydrogens (primary N) is 1. The summed E-state index contributed by atoms with van der Waals surface area (Å²) < 4.78 is 26.8. The van der Waals surface area contributed by atoms with Crippen molar-refractivity contribution in [3.8, 4) is 0 Å². The molecule has 0 bridgehead atoms. The molecule has 7 heteroatoms. The van der Waals surface area contributed by atoms with Crippen molar-refractivity contribution in [1.82, 2.24) is 4.98 Å². The Morgan fingerprint density at radius 3 is 2.63 bits per heavy atom. The molecule has 0 radical (unpaired) electrons. The quantitative estimate of drug-likeness (QED) is 0.852. The number of hydrogen-bond acceptors (Lipinski definition) is 4. The average molecular weight is 298 g/mol. The van der Waals surface area contributed by atoms with Gasteiger partial charge in [0.2, 0.25) is 0 Å². The molecule has 3 N–H and O–H groups in total. The van der Waals surface area contributed by atoms with Crippen LogP contribution in [0.5, 0.6) is 0 Å². The maximum absolute atomic E-state index is 12.2. The predicted molar refractivity (Wildman–Crippen MR) is 75.6 cm³/mol. The van der Waals surface area contributed by atoms with Crippen LogP contribution in [-0.2, 0) is 10.0 Å². The first kappa shape index (κ1) is 13.6. The summed E-state index contributed by atoms with van der Waals surface area (Å²) in [5, 5.41) is 0.404. The number of hydrogen-bond donors (Lipinski definition) is 2. The van der Waals surface area contributed by atoms with Gasteiger partial charge in [-0.15, -0.1) is 0 Å². The van der Waals surface area contributed by atoms with Crippen LogP contribution in [0.25, 0.3) is 0 Å². The molecule has 0 spiro atoms. The lowest BCUT2D eigenvalue weighted by Gasteiger charge is -2.10. The van der Waals surface area contributed by atoms with Crippen molar-refractivity contribution in [2.45, 2.75) is 11.8 Å². The third kappa shape index (κ3) is 3.15. The van der Waals surface area contributed by atoms with Crippen molar-refractivity contribution in [2.24, 2.45) is 0 Å². The number of halogens is 1. The smallest absolute Gasteiger partial charge is 0.263 e. The number of sulfonamides is 1. The molecule has 2 rings (SSSR count). The molecule has 0 fully saturated rings. The van der Waals surface area contributed by atoms with Gasteiger partial charge in [0.15, 0.2) is 0 Å². The zero-order valence-electron chi connectivity index (χ0n) is 10.1. The number of pyridine rings is 1. The zero-order valence-corrected chi connectivity index (χ0v) is 11.7. The average Bonchev–Trinajstić information content (AvgIpc) is 2.27. The zero-order chi connectivity index (χ0) is 14.0. The highest BCUT2D eigenvalue weighted by Gasteiger charge is 2.17. The van der Waals surface area contributed by atoms with Gasteiger partial charge >= 0.3 is 0 Å². The van der Waals surface area contributed by atoms with Crippen LogP contribution >= 0.6 is 11.6 Å². The number of nitrogens with zero attached hydrogens (tertiary/aromatic N) is 1. The fourth-order valence-corrected chi connectivity index (χ4v) is 3.01. The second-order valence-electron chi connectivity index (χ2n) is 3.99. The van der Waals surface area contributed by atoms with Gasteiger partial charge in [-0.25, -0.2) is 13.4 Å². The molecule has 0 aliphatic carbocycles. The predicted octanol–water partition coefficient (Wildman–Crippen LogP) is 2.43. The molecule has 5 nitrogen and oxygen atoms in total. The van der Waals surface area contributed by atoms with E-state index >= 15 is 0 Å². The van der Waals surface area contributed by atoms with Crippen LogP contribution in [0.3, 0.4) is 0 Å². The van der Waals surface area contributed by atoms with Crippen LogP contribution < -0.4 is 10.5 Å². The van der Waals surface area contributed by atoms with E-state index < -0.39 is 10.0 Å². The van der Waals surface area contributed by atoms with Crippen molar-refractivity contribution in [2.75, 3.05) is 10.5 Å². The minimum absolute atomic E-state index is 0.156. The van der Waals surface area contributed by atoms with E-state index in [1.54, 1.807) is 19.1 Å². The van der Waals surface area contributed by atoms with Gasteiger partial charge in [-0.1, -0.05) is 11.6 Å². The van der Waals surface area contributed by atoms with Crippen LogP contribution in [0.4, 0.5) is 11.5 Å². The van der Waals surface area contributed by atoms with Crippen LogP contribution in [0, 0.1) is 6.92 Å². The Morgan fingerprint density at radius 2 is 2.00 bits per heavy atom. The molecule has 0 atom stereocenters. The maximum Gasteiger partial charge on any atom is 0.263 e. The van der Waals surface area contributed by atoms with E-state index in [0.29, 0.717) is 16.3 Å². The number of rotatable bonds is 3. The van der Waals surface area contributed by atoms with E-state index in [-0.39, 0.29) is 10.7 Å². The summed E-state index contributed by atoms with van der Waals surface area (Å²) in [5.74, 6) is 0.170. The summed E-state index contributed by atoms with van der Waals surface area (Å²) in [4.78, 5) is 4.05. The molecular weight excluding hydrogens is 286 g/mol. The van der Waals surface area contributed by atoms with Crippen LogP contribution in [0.15, 0.2) is 41.4 Å². The van der Waals surface area contributed by atoms with Crippen molar-refractivity contribution in [1.29, 1.82) is 0 Å². The topological polar surface area (TPSA) is 85.1 Å². The number of nitrogens with one attached hydrogen (secondary N) is 1. The molecule has 0 unspecified atom stereocenters. The lowest BCUT2D eigenvalue weighted by atomic mass is 10.2. The Kier molecular flexibility index (Phi) is 3.64. The fraction of sp³-hybridized carbons (Fsp3) is 0.0833. The SMILES string of the molecule is Cc1cc(N)ccc1S(=O)(=O)Nc1cc(Cl)ccn1. The molecule has 100 valence electrons. The van der Waals surface area contributed by atoms with Crippen LogP contribution in [0.1, 0.15) is 5.56 Å². The molecule has 0 aliphatic rings. The molecule has 1 heterocycles. The Labute approximate surface area is 116 Å². The third-order valence-electron chi connectivity index (χ3n) is 2.45. The van der Waals surface area contributed by atoms with Gasteiger partial charge in [-0.3, -0.25) is 4.72 Å². The summed E-state index contributed by atoms with van der Waals surface area (Å²) in [5.41, 5.74) is 6.67. The molecule has 0 saturated carbocycles. The van der Waals surface area contributed by atoms with Gasteiger partial charge in [0, 0.05) is 23.0 Å². The Balaban J connectivity index is 2.38. The highest BCUT2D eigenvalue weighted by atomic mass is 35.5. The second kappa shape index (κ2) is 5.07. The standard InChI is InChI=1S/C12H12ClN3O2S/c1-8-6-10(14)2-3-11(8)19(17,18)16-12-7-9(13)4-5-15-12/h2-7H,14H2,1H3,(H,15,16). The third-order valence-corrected chi connectivity index (χ3v) is 4.20. The summed E-state index contributed by atoms with van der Waals surface area (Å²) in [6.07, 6.45) is 1.43. The molecule has 1 aromatic heterocycles. The van der Waals surface area contributed by atoms with Crippen molar-refractivity contribution in [3.63, 3.8) is 0 Å². The second-order valence-corrected chi connectivity index (χ2v) is 6.08. The molecule has 0 saturated heterocycles. The Hall–Kier alpha value is -1.79. The van der Waals surface area contributed by atoms with Crippen molar-refractivity contribution in [3.05, 3.63) is 47.1 Å². The molecule has 19 heavy (non-hydrogen) atoms. The molecule has 0 amide bonds.